The van der Waals surface area contributed by atoms with Gasteiger partial charge in [0.1, 0.15) is 16.5 Å². The summed E-state index contributed by atoms with van der Waals surface area (Å²) in [6.07, 6.45) is 2.24. The molecule has 0 radical (unpaired) electrons. The van der Waals surface area contributed by atoms with E-state index in [9.17, 15) is 4.79 Å². The van der Waals surface area contributed by atoms with Crippen molar-refractivity contribution in [2.45, 2.75) is 19.4 Å². The van der Waals surface area contributed by atoms with Gasteiger partial charge >= 0.3 is 6.03 Å². The number of ether oxygens (including phenoxy) is 1. The molecule has 1 aromatic carbocycles. The number of carbonyl (C=O) groups excluding carboxylic acids is 1. The maximum absolute atomic E-state index is 12.9. The zero-order valence-corrected chi connectivity index (χ0v) is 20.9. The number of anilines is 1. The lowest BCUT2D eigenvalue weighted by Crippen LogP contribution is -2.52. The van der Waals surface area contributed by atoms with Crippen LogP contribution in [0.4, 0.5) is 10.6 Å². The van der Waals surface area contributed by atoms with E-state index < -0.39 is 0 Å². The van der Waals surface area contributed by atoms with Gasteiger partial charge in [0.25, 0.3) is 0 Å². The van der Waals surface area contributed by atoms with Crippen molar-refractivity contribution >= 4 is 33.4 Å². The highest BCUT2D eigenvalue weighted by Crippen LogP contribution is 2.38. The highest BCUT2D eigenvalue weighted by molar-refractivity contribution is 7.17. The largest absolute Gasteiger partial charge is 0.379 e. The van der Waals surface area contributed by atoms with E-state index in [-0.39, 0.29) is 6.03 Å². The van der Waals surface area contributed by atoms with Crippen molar-refractivity contribution in [2.75, 3.05) is 70.5 Å². The molecule has 3 aliphatic heterocycles. The van der Waals surface area contributed by atoms with Crippen LogP contribution in [0.1, 0.15) is 18.7 Å². The molecule has 3 aromatic rings. The Kier molecular flexibility index (Phi) is 6.54. The van der Waals surface area contributed by atoms with E-state index in [0.29, 0.717) is 0 Å². The smallest absolute Gasteiger partial charge is 0.320 e. The van der Waals surface area contributed by atoms with Gasteiger partial charge in [0.15, 0.2) is 0 Å². The number of thiophene rings is 1. The fourth-order valence-corrected chi connectivity index (χ4v) is 6.23. The molecule has 184 valence electrons. The first-order valence-corrected chi connectivity index (χ1v) is 13.6. The lowest BCUT2D eigenvalue weighted by Gasteiger charge is -2.37. The van der Waals surface area contributed by atoms with E-state index >= 15 is 0 Å². The fourth-order valence-electron chi connectivity index (χ4n) is 5.27. The van der Waals surface area contributed by atoms with Crippen LogP contribution in [0, 0.1) is 0 Å². The summed E-state index contributed by atoms with van der Waals surface area (Å²) in [5.74, 6) is 1.87. The molecule has 8 nitrogen and oxygen atoms in total. The predicted octanol–water partition coefficient (Wildman–Crippen LogP) is 3.53. The molecule has 3 fully saturated rings. The first kappa shape index (κ1) is 22.7. The van der Waals surface area contributed by atoms with Crippen LogP contribution in [-0.4, -0.2) is 96.3 Å². The number of aromatic nitrogens is 2. The minimum atomic E-state index is 0.198. The standard InChI is InChI=1S/C26H32N6O2S/c33-26(31-8-4-5-9-31)32-12-10-30(11-13-32)24-23-21(20-6-2-1-3-7-20)19-35-25(23)28-22(27-24)18-29-14-16-34-17-15-29/h1-3,6-7,19H,4-5,8-18H2. The molecule has 9 heteroatoms. The minimum absolute atomic E-state index is 0.198. The predicted molar refractivity (Wildman–Crippen MR) is 139 cm³/mol. The van der Waals surface area contributed by atoms with Gasteiger partial charge in [0.05, 0.1) is 25.1 Å². The van der Waals surface area contributed by atoms with Gasteiger partial charge in [0.2, 0.25) is 0 Å². The van der Waals surface area contributed by atoms with Crippen LogP contribution in [0.5, 0.6) is 0 Å². The third-order valence-corrected chi connectivity index (χ3v) is 8.11. The third-order valence-electron chi connectivity index (χ3n) is 7.24. The average molecular weight is 493 g/mol. The minimum Gasteiger partial charge on any atom is -0.379 e. The number of nitrogens with zero attached hydrogens (tertiary/aromatic N) is 6. The molecule has 3 aliphatic rings. The van der Waals surface area contributed by atoms with E-state index in [2.05, 4.69) is 39.4 Å². The normalized spacial score (nSPS) is 19.6. The van der Waals surface area contributed by atoms with Crippen LogP contribution < -0.4 is 4.90 Å². The Labute approximate surface area is 210 Å². The molecule has 2 aromatic heterocycles. The average Bonchev–Trinajstić information content (AvgIpc) is 3.60. The second kappa shape index (κ2) is 10.1. The molecule has 6 rings (SSSR count). The monoisotopic (exact) mass is 492 g/mol. The van der Waals surface area contributed by atoms with Gasteiger partial charge in [-0.15, -0.1) is 11.3 Å². The van der Waals surface area contributed by atoms with E-state index in [0.717, 1.165) is 107 Å². The number of rotatable bonds is 4. The topological polar surface area (TPSA) is 65.0 Å². The summed E-state index contributed by atoms with van der Waals surface area (Å²) in [6.45, 7) is 8.89. The van der Waals surface area contributed by atoms with Crippen molar-refractivity contribution in [2.24, 2.45) is 0 Å². The van der Waals surface area contributed by atoms with Crippen LogP contribution in [0.15, 0.2) is 35.7 Å². The van der Waals surface area contributed by atoms with Gasteiger partial charge < -0.3 is 19.4 Å². The number of likely N-dealkylation sites (tertiary alicyclic amines) is 1. The van der Waals surface area contributed by atoms with Crippen LogP contribution in [0.2, 0.25) is 0 Å². The first-order valence-electron chi connectivity index (χ1n) is 12.7. The first-order chi connectivity index (χ1) is 17.3. The number of hydrogen-bond acceptors (Lipinski definition) is 7. The SMILES string of the molecule is O=C(N1CCCC1)N1CCN(c2nc(CN3CCOCC3)nc3scc(-c4ccccc4)c23)CC1. The van der Waals surface area contributed by atoms with E-state index in [4.69, 9.17) is 14.7 Å². The molecular weight excluding hydrogens is 460 g/mol. The highest BCUT2D eigenvalue weighted by atomic mass is 32.1. The quantitative estimate of drug-likeness (QED) is 0.555. The Morgan fingerprint density at radius 1 is 0.886 bits per heavy atom. The molecule has 0 N–H and O–H groups in total. The maximum Gasteiger partial charge on any atom is 0.320 e. The van der Waals surface area contributed by atoms with Gasteiger partial charge in [-0.1, -0.05) is 30.3 Å². The van der Waals surface area contributed by atoms with Gasteiger partial charge in [-0.25, -0.2) is 14.8 Å². The number of morpholine rings is 1. The van der Waals surface area contributed by atoms with E-state index in [1.165, 1.54) is 11.1 Å². The molecule has 0 aliphatic carbocycles. The summed E-state index contributed by atoms with van der Waals surface area (Å²) in [4.78, 5) is 32.8. The molecule has 0 spiro atoms. The van der Waals surface area contributed by atoms with Crippen molar-refractivity contribution in [3.63, 3.8) is 0 Å². The Bertz CT molecular complexity index is 1170. The Hall–Kier alpha value is -2.75. The molecule has 2 amide bonds. The second-order valence-electron chi connectivity index (χ2n) is 9.50. The number of carbonyl (C=O) groups is 1. The van der Waals surface area contributed by atoms with Crippen molar-refractivity contribution in [3.8, 4) is 11.1 Å². The summed E-state index contributed by atoms with van der Waals surface area (Å²) < 4.78 is 5.52. The molecule has 0 unspecified atom stereocenters. The van der Waals surface area contributed by atoms with Crippen LogP contribution in [0.3, 0.4) is 0 Å². The lowest BCUT2D eigenvalue weighted by molar-refractivity contribution is 0.0331. The zero-order chi connectivity index (χ0) is 23.6. The molecule has 3 saturated heterocycles. The highest BCUT2D eigenvalue weighted by Gasteiger charge is 2.29. The number of piperazine rings is 1. The molecular formula is C26H32N6O2S. The molecule has 0 atom stereocenters. The van der Waals surface area contributed by atoms with Gasteiger partial charge in [-0.2, -0.15) is 0 Å². The second-order valence-corrected chi connectivity index (χ2v) is 10.4. The van der Waals surface area contributed by atoms with Gasteiger partial charge in [0, 0.05) is 63.3 Å². The van der Waals surface area contributed by atoms with Crippen LogP contribution in [-0.2, 0) is 11.3 Å². The molecule has 5 heterocycles. The number of benzene rings is 1. The maximum atomic E-state index is 12.9. The summed E-state index contributed by atoms with van der Waals surface area (Å²) in [6, 6.07) is 10.7. The van der Waals surface area contributed by atoms with Crippen LogP contribution in [0.25, 0.3) is 21.3 Å². The molecule has 0 bridgehead atoms. The number of fused-ring (bicyclic) bond motifs is 1. The van der Waals surface area contributed by atoms with E-state index in [1.807, 2.05) is 15.9 Å². The molecule has 35 heavy (non-hydrogen) atoms. The van der Waals surface area contributed by atoms with Crippen molar-refractivity contribution in [1.82, 2.24) is 24.7 Å². The summed E-state index contributed by atoms with van der Waals surface area (Å²) in [7, 11) is 0. The Balaban J connectivity index is 1.30. The van der Waals surface area contributed by atoms with Crippen LogP contribution >= 0.6 is 11.3 Å². The van der Waals surface area contributed by atoms with Crippen molar-refractivity contribution in [1.29, 1.82) is 0 Å². The lowest BCUT2D eigenvalue weighted by atomic mass is 10.1. The summed E-state index contributed by atoms with van der Waals surface area (Å²) in [5, 5.41) is 3.34. The Morgan fingerprint density at radius 2 is 1.60 bits per heavy atom. The van der Waals surface area contributed by atoms with Crippen molar-refractivity contribution in [3.05, 3.63) is 41.5 Å². The Morgan fingerprint density at radius 3 is 2.34 bits per heavy atom. The molecule has 0 saturated carbocycles. The summed E-state index contributed by atoms with van der Waals surface area (Å²) in [5.41, 5.74) is 2.38. The fraction of sp³-hybridized carbons (Fsp3) is 0.500. The van der Waals surface area contributed by atoms with Gasteiger partial charge in [-0.3, -0.25) is 4.90 Å². The summed E-state index contributed by atoms with van der Waals surface area (Å²) >= 11 is 1.69. The zero-order valence-electron chi connectivity index (χ0n) is 20.1. The van der Waals surface area contributed by atoms with E-state index in [1.54, 1.807) is 11.3 Å². The third kappa shape index (κ3) is 4.72. The number of amides is 2. The number of hydrogen-bond donors (Lipinski definition) is 0. The van der Waals surface area contributed by atoms with Crippen molar-refractivity contribution < 1.29 is 9.53 Å². The number of urea groups is 1. The van der Waals surface area contributed by atoms with Gasteiger partial charge in [-0.05, 0) is 18.4 Å².